The third-order valence-electron chi connectivity index (χ3n) is 5.95. The summed E-state index contributed by atoms with van der Waals surface area (Å²) in [7, 11) is 1.61. The monoisotopic (exact) mass is 468 g/mol. The number of aromatic amines is 1. The first kappa shape index (κ1) is 20.9. The van der Waals surface area contributed by atoms with Crippen molar-refractivity contribution in [3.05, 3.63) is 98.9 Å². The first-order chi connectivity index (χ1) is 15.5. The molecule has 0 spiro atoms. The average Bonchev–Trinajstić information content (AvgIpc) is 3.17. The van der Waals surface area contributed by atoms with Crippen LogP contribution in [0, 0.1) is 5.82 Å². The predicted octanol–water partition coefficient (Wildman–Crippen LogP) is 6.41. The summed E-state index contributed by atoms with van der Waals surface area (Å²) in [6.07, 6.45) is 0.670. The summed E-state index contributed by atoms with van der Waals surface area (Å²) in [5.41, 5.74) is 4.34. The number of fused-ring (bicyclic) bond motifs is 3. The van der Waals surface area contributed by atoms with Gasteiger partial charge in [-0.05, 0) is 66.1 Å². The van der Waals surface area contributed by atoms with Gasteiger partial charge in [0.25, 0.3) is 5.91 Å². The molecule has 0 saturated carbocycles. The molecule has 1 aliphatic rings. The van der Waals surface area contributed by atoms with Gasteiger partial charge in [0.2, 0.25) is 0 Å². The van der Waals surface area contributed by atoms with Crippen LogP contribution >= 0.6 is 23.2 Å². The third kappa shape index (κ3) is 3.51. The highest BCUT2D eigenvalue weighted by Crippen LogP contribution is 2.40. The van der Waals surface area contributed by atoms with Crippen molar-refractivity contribution in [1.82, 2.24) is 9.88 Å². The first-order valence-electron chi connectivity index (χ1n) is 10.2. The molecule has 1 aliphatic heterocycles. The number of H-pyrrole nitrogens is 1. The molecule has 0 saturated heterocycles. The molecule has 2 heterocycles. The number of carbonyl (C=O) groups is 1. The number of hydrogen-bond acceptors (Lipinski definition) is 2. The molecule has 0 radical (unpaired) electrons. The Hall–Kier alpha value is -3.02. The molecule has 162 valence electrons. The highest BCUT2D eigenvalue weighted by atomic mass is 35.5. The largest absolute Gasteiger partial charge is 0.497 e. The van der Waals surface area contributed by atoms with E-state index in [9.17, 15) is 9.18 Å². The molecule has 1 amide bonds. The predicted molar refractivity (Wildman–Crippen MR) is 124 cm³/mol. The quantitative estimate of drug-likeness (QED) is 0.377. The van der Waals surface area contributed by atoms with E-state index in [2.05, 4.69) is 4.98 Å². The van der Waals surface area contributed by atoms with Gasteiger partial charge in [-0.3, -0.25) is 4.79 Å². The number of ether oxygens (including phenoxy) is 1. The number of aromatic nitrogens is 1. The second-order valence-electron chi connectivity index (χ2n) is 7.76. The molecule has 1 atom stereocenters. The number of nitrogens with one attached hydrogen (secondary N) is 1. The number of nitrogens with zero attached hydrogens (tertiary/aromatic N) is 1. The van der Waals surface area contributed by atoms with Crippen molar-refractivity contribution in [1.29, 1.82) is 0 Å². The number of methoxy groups -OCH3 is 1. The molecule has 0 aliphatic carbocycles. The molecule has 0 bridgehead atoms. The normalized spacial score (nSPS) is 15.6. The van der Waals surface area contributed by atoms with Crippen LogP contribution in [-0.4, -0.2) is 29.4 Å². The Morgan fingerprint density at radius 3 is 2.59 bits per heavy atom. The maximum absolute atomic E-state index is 13.7. The van der Waals surface area contributed by atoms with E-state index in [-0.39, 0.29) is 17.0 Å². The van der Waals surface area contributed by atoms with Crippen LogP contribution in [0.25, 0.3) is 10.9 Å². The van der Waals surface area contributed by atoms with Crippen LogP contribution in [0.1, 0.15) is 33.2 Å². The minimum Gasteiger partial charge on any atom is -0.497 e. The fraction of sp³-hybridized carbons (Fsp3) is 0.160. The van der Waals surface area contributed by atoms with Gasteiger partial charge in [0.15, 0.2) is 0 Å². The smallest absolute Gasteiger partial charge is 0.254 e. The van der Waals surface area contributed by atoms with Gasteiger partial charge in [-0.15, -0.1) is 0 Å². The van der Waals surface area contributed by atoms with Crippen LogP contribution in [0.15, 0.2) is 60.7 Å². The van der Waals surface area contributed by atoms with E-state index in [4.69, 9.17) is 27.9 Å². The van der Waals surface area contributed by atoms with Crippen molar-refractivity contribution >= 4 is 40.0 Å². The van der Waals surface area contributed by atoms with Crippen LogP contribution in [0.3, 0.4) is 0 Å². The number of amides is 1. The van der Waals surface area contributed by atoms with Crippen LogP contribution < -0.4 is 4.74 Å². The van der Waals surface area contributed by atoms with Gasteiger partial charge in [-0.1, -0.05) is 35.3 Å². The summed E-state index contributed by atoms with van der Waals surface area (Å²) in [5.74, 6) is -0.0326. The Kier molecular flexibility index (Phi) is 5.31. The molecule has 5 rings (SSSR count). The van der Waals surface area contributed by atoms with Crippen molar-refractivity contribution in [2.75, 3.05) is 13.7 Å². The van der Waals surface area contributed by atoms with Crippen molar-refractivity contribution in [3.8, 4) is 5.75 Å². The van der Waals surface area contributed by atoms with Crippen LogP contribution in [0.4, 0.5) is 4.39 Å². The third-order valence-corrected chi connectivity index (χ3v) is 6.47. The Bertz CT molecular complexity index is 1330. The van der Waals surface area contributed by atoms with Gasteiger partial charge < -0.3 is 14.6 Å². The molecule has 4 nitrogen and oxygen atoms in total. The number of carbonyl (C=O) groups excluding carboxylic acids is 1. The molecule has 1 aromatic heterocycles. The van der Waals surface area contributed by atoms with E-state index in [1.54, 1.807) is 12.0 Å². The molecule has 32 heavy (non-hydrogen) atoms. The van der Waals surface area contributed by atoms with E-state index in [1.165, 1.54) is 18.2 Å². The maximum Gasteiger partial charge on any atom is 0.254 e. The van der Waals surface area contributed by atoms with Gasteiger partial charge in [0, 0.05) is 33.7 Å². The first-order valence-corrected chi connectivity index (χ1v) is 10.9. The number of benzene rings is 3. The highest BCUT2D eigenvalue weighted by Gasteiger charge is 2.35. The summed E-state index contributed by atoms with van der Waals surface area (Å²) in [5, 5.41) is 1.65. The van der Waals surface area contributed by atoms with E-state index >= 15 is 0 Å². The number of rotatable bonds is 3. The number of halogens is 3. The van der Waals surface area contributed by atoms with Gasteiger partial charge in [0.1, 0.15) is 11.6 Å². The van der Waals surface area contributed by atoms with E-state index in [0.717, 1.165) is 33.5 Å². The molecule has 7 heteroatoms. The molecular weight excluding hydrogens is 450 g/mol. The minimum absolute atomic E-state index is 0.0743. The topological polar surface area (TPSA) is 45.3 Å². The minimum atomic E-state index is -0.552. The van der Waals surface area contributed by atoms with Gasteiger partial charge >= 0.3 is 0 Å². The second kappa shape index (κ2) is 8.15. The SMILES string of the molecule is COc1ccc(C2c3[nH]c4ccc(Cl)cc4c3CCN2C(=O)c2ccc(F)c(Cl)c2)cc1. The summed E-state index contributed by atoms with van der Waals surface area (Å²) >= 11 is 12.2. The Labute approximate surface area is 194 Å². The van der Waals surface area contributed by atoms with E-state index in [0.29, 0.717) is 23.6 Å². The fourth-order valence-corrected chi connectivity index (χ4v) is 4.76. The van der Waals surface area contributed by atoms with E-state index in [1.807, 2.05) is 42.5 Å². The lowest BCUT2D eigenvalue weighted by atomic mass is 9.91. The second-order valence-corrected chi connectivity index (χ2v) is 8.60. The molecule has 0 fully saturated rings. The molecule has 1 N–H and O–H groups in total. The summed E-state index contributed by atoms with van der Waals surface area (Å²) in [4.78, 5) is 18.8. The Morgan fingerprint density at radius 2 is 1.88 bits per heavy atom. The Balaban J connectivity index is 1.65. The van der Waals surface area contributed by atoms with E-state index < -0.39 is 5.82 Å². The standard InChI is InChI=1S/C25H19Cl2FN2O2/c1-32-17-6-2-14(3-7-17)24-23-18(19-13-16(26)5-9-22(19)29-23)10-11-30(24)25(31)15-4-8-21(28)20(27)12-15/h2-9,12-13,24,29H,10-11H2,1H3. The van der Waals surface area contributed by atoms with Crippen molar-refractivity contribution in [2.45, 2.75) is 12.5 Å². The molecule has 4 aromatic rings. The zero-order chi connectivity index (χ0) is 22.4. The van der Waals surface area contributed by atoms with Crippen molar-refractivity contribution in [2.24, 2.45) is 0 Å². The zero-order valence-corrected chi connectivity index (χ0v) is 18.7. The average molecular weight is 469 g/mol. The number of hydrogen-bond donors (Lipinski definition) is 1. The summed E-state index contributed by atoms with van der Waals surface area (Å²) < 4.78 is 19.0. The highest BCUT2D eigenvalue weighted by molar-refractivity contribution is 6.31. The van der Waals surface area contributed by atoms with Gasteiger partial charge in [0.05, 0.1) is 18.2 Å². The van der Waals surface area contributed by atoms with Crippen LogP contribution in [0.2, 0.25) is 10.0 Å². The molecule has 1 unspecified atom stereocenters. The lowest BCUT2D eigenvalue weighted by molar-refractivity contribution is 0.0692. The van der Waals surface area contributed by atoms with Gasteiger partial charge in [-0.2, -0.15) is 0 Å². The Morgan fingerprint density at radius 1 is 1.09 bits per heavy atom. The van der Waals surface area contributed by atoms with Crippen LogP contribution in [0.5, 0.6) is 5.75 Å². The lowest BCUT2D eigenvalue weighted by Gasteiger charge is -2.36. The fourth-order valence-electron chi connectivity index (χ4n) is 4.41. The van der Waals surface area contributed by atoms with Crippen molar-refractivity contribution in [3.63, 3.8) is 0 Å². The summed E-state index contributed by atoms with van der Waals surface area (Å²) in [6.45, 7) is 0.497. The van der Waals surface area contributed by atoms with Crippen molar-refractivity contribution < 1.29 is 13.9 Å². The van der Waals surface area contributed by atoms with Gasteiger partial charge in [-0.25, -0.2) is 4.39 Å². The summed E-state index contributed by atoms with van der Waals surface area (Å²) in [6, 6.07) is 17.1. The zero-order valence-electron chi connectivity index (χ0n) is 17.2. The molecular formula is C25H19Cl2FN2O2. The molecule has 3 aromatic carbocycles. The van der Waals surface area contributed by atoms with Crippen LogP contribution in [-0.2, 0) is 6.42 Å². The lowest BCUT2D eigenvalue weighted by Crippen LogP contribution is -2.40. The maximum atomic E-state index is 13.7.